The van der Waals surface area contributed by atoms with Crippen molar-refractivity contribution in [3.05, 3.63) is 17.5 Å². The maximum Gasteiger partial charge on any atom is 0.0596 e. The summed E-state index contributed by atoms with van der Waals surface area (Å²) in [6.07, 6.45) is 10.4. The summed E-state index contributed by atoms with van der Waals surface area (Å²) in [6, 6.07) is 2.86. The van der Waals surface area contributed by atoms with Gasteiger partial charge in [-0.1, -0.05) is 46.0 Å². The van der Waals surface area contributed by atoms with Crippen LogP contribution in [0.4, 0.5) is 0 Å². The van der Waals surface area contributed by atoms with Gasteiger partial charge in [-0.25, -0.2) is 0 Å². The molecule has 3 heteroatoms. The van der Waals surface area contributed by atoms with Crippen LogP contribution in [-0.2, 0) is 13.0 Å². The summed E-state index contributed by atoms with van der Waals surface area (Å²) in [7, 11) is 0. The molecule has 122 valence electrons. The van der Waals surface area contributed by atoms with E-state index in [9.17, 15) is 0 Å². The number of nitrogens with zero attached hydrogens (tertiary/aromatic N) is 2. The summed E-state index contributed by atoms with van der Waals surface area (Å²) in [5, 5.41) is 8.30. The molecular weight excluding hydrogens is 258 g/mol. The molecule has 1 atom stereocenters. The average Bonchev–Trinajstić information content (AvgIpc) is 2.84. The Balaban J connectivity index is 2.47. The van der Waals surface area contributed by atoms with Crippen molar-refractivity contribution in [2.75, 3.05) is 6.54 Å². The standard InChI is InChI=1S/C18H35N3/c1-5-8-9-10-11-12-17(19-13-6-2)15-18-14-16(4)20-21(18)7-3/h14,17,19H,5-13,15H2,1-4H3. The molecule has 0 saturated heterocycles. The molecule has 0 aliphatic carbocycles. The summed E-state index contributed by atoms with van der Waals surface area (Å²) in [4.78, 5) is 0. The van der Waals surface area contributed by atoms with E-state index in [1.807, 2.05) is 0 Å². The number of hydrogen-bond acceptors (Lipinski definition) is 2. The molecule has 0 spiro atoms. The normalized spacial score (nSPS) is 12.8. The van der Waals surface area contributed by atoms with E-state index in [0.29, 0.717) is 6.04 Å². The van der Waals surface area contributed by atoms with Gasteiger partial charge >= 0.3 is 0 Å². The third-order valence-corrected chi connectivity index (χ3v) is 4.08. The smallest absolute Gasteiger partial charge is 0.0596 e. The molecule has 0 bridgehead atoms. The van der Waals surface area contributed by atoms with Crippen LogP contribution in [0.3, 0.4) is 0 Å². The van der Waals surface area contributed by atoms with Crippen LogP contribution in [-0.4, -0.2) is 22.4 Å². The highest BCUT2D eigenvalue weighted by atomic mass is 15.3. The van der Waals surface area contributed by atoms with Gasteiger partial charge in [-0.2, -0.15) is 5.10 Å². The quantitative estimate of drug-likeness (QED) is 0.576. The first-order valence-electron chi connectivity index (χ1n) is 8.97. The molecule has 21 heavy (non-hydrogen) atoms. The van der Waals surface area contributed by atoms with Crippen LogP contribution < -0.4 is 5.32 Å². The maximum atomic E-state index is 4.57. The molecule has 1 N–H and O–H groups in total. The summed E-state index contributed by atoms with van der Waals surface area (Å²) >= 11 is 0. The summed E-state index contributed by atoms with van der Waals surface area (Å²) in [5.74, 6) is 0. The van der Waals surface area contributed by atoms with Gasteiger partial charge in [0.1, 0.15) is 0 Å². The number of aromatic nitrogens is 2. The summed E-state index contributed by atoms with van der Waals surface area (Å²) in [5.41, 5.74) is 2.53. The average molecular weight is 293 g/mol. The summed E-state index contributed by atoms with van der Waals surface area (Å²) in [6.45, 7) is 10.9. The Hall–Kier alpha value is -0.830. The molecule has 0 saturated carbocycles. The third kappa shape index (κ3) is 7.12. The lowest BCUT2D eigenvalue weighted by Gasteiger charge is -2.19. The molecule has 1 rings (SSSR count). The van der Waals surface area contributed by atoms with Gasteiger partial charge in [-0.05, 0) is 39.3 Å². The first-order chi connectivity index (χ1) is 10.2. The molecule has 3 nitrogen and oxygen atoms in total. The van der Waals surface area contributed by atoms with Crippen LogP contribution in [0.25, 0.3) is 0 Å². The Labute approximate surface area is 131 Å². The van der Waals surface area contributed by atoms with Crippen molar-refractivity contribution in [2.24, 2.45) is 0 Å². The fraction of sp³-hybridized carbons (Fsp3) is 0.833. The van der Waals surface area contributed by atoms with E-state index in [1.54, 1.807) is 0 Å². The van der Waals surface area contributed by atoms with Crippen LogP contribution in [0.2, 0.25) is 0 Å². The zero-order valence-electron chi connectivity index (χ0n) is 14.6. The molecular formula is C18H35N3. The molecule has 1 heterocycles. The molecule has 1 aromatic rings. The van der Waals surface area contributed by atoms with Crippen LogP contribution in [0, 0.1) is 6.92 Å². The second-order valence-electron chi connectivity index (χ2n) is 6.15. The van der Waals surface area contributed by atoms with Gasteiger partial charge in [-0.3, -0.25) is 4.68 Å². The van der Waals surface area contributed by atoms with E-state index in [-0.39, 0.29) is 0 Å². The van der Waals surface area contributed by atoms with Gasteiger partial charge in [0.25, 0.3) is 0 Å². The highest BCUT2D eigenvalue weighted by Crippen LogP contribution is 2.13. The van der Waals surface area contributed by atoms with Crippen molar-refractivity contribution in [3.8, 4) is 0 Å². The zero-order chi connectivity index (χ0) is 15.5. The molecule has 0 aromatic carbocycles. The molecule has 0 amide bonds. The van der Waals surface area contributed by atoms with E-state index < -0.39 is 0 Å². The maximum absolute atomic E-state index is 4.57. The topological polar surface area (TPSA) is 29.9 Å². The number of aryl methyl sites for hydroxylation is 2. The van der Waals surface area contributed by atoms with Gasteiger partial charge in [-0.15, -0.1) is 0 Å². The van der Waals surface area contributed by atoms with Gasteiger partial charge < -0.3 is 5.32 Å². The Kier molecular flexibility index (Phi) is 9.40. The van der Waals surface area contributed by atoms with E-state index in [2.05, 4.69) is 48.9 Å². The minimum absolute atomic E-state index is 0.605. The fourth-order valence-corrected chi connectivity index (χ4v) is 2.91. The van der Waals surface area contributed by atoms with Crippen LogP contribution in [0.15, 0.2) is 6.07 Å². The van der Waals surface area contributed by atoms with Crippen molar-refractivity contribution in [3.63, 3.8) is 0 Å². The van der Waals surface area contributed by atoms with Crippen molar-refractivity contribution in [2.45, 2.75) is 91.6 Å². The van der Waals surface area contributed by atoms with Crippen molar-refractivity contribution >= 4 is 0 Å². The molecule has 1 aromatic heterocycles. The summed E-state index contributed by atoms with van der Waals surface area (Å²) < 4.78 is 2.16. The van der Waals surface area contributed by atoms with E-state index in [0.717, 1.165) is 25.2 Å². The lowest BCUT2D eigenvalue weighted by Crippen LogP contribution is -2.32. The minimum atomic E-state index is 0.605. The Bertz CT molecular complexity index is 371. The highest BCUT2D eigenvalue weighted by molar-refractivity contribution is 5.10. The van der Waals surface area contributed by atoms with Crippen LogP contribution >= 0.6 is 0 Å². The van der Waals surface area contributed by atoms with Crippen molar-refractivity contribution in [1.82, 2.24) is 15.1 Å². The van der Waals surface area contributed by atoms with Gasteiger partial charge in [0.2, 0.25) is 0 Å². The monoisotopic (exact) mass is 293 g/mol. The zero-order valence-corrected chi connectivity index (χ0v) is 14.6. The van der Waals surface area contributed by atoms with E-state index in [4.69, 9.17) is 0 Å². The van der Waals surface area contributed by atoms with Crippen LogP contribution in [0.5, 0.6) is 0 Å². The number of hydrogen-bond donors (Lipinski definition) is 1. The highest BCUT2D eigenvalue weighted by Gasteiger charge is 2.12. The fourth-order valence-electron chi connectivity index (χ4n) is 2.91. The number of unbranched alkanes of at least 4 members (excludes halogenated alkanes) is 4. The van der Waals surface area contributed by atoms with Gasteiger partial charge in [0.05, 0.1) is 5.69 Å². The molecule has 0 aliphatic rings. The Morgan fingerprint density at radius 3 is 2.52 bits per heavy atom. The second-order valence-corrected chi connectivity index (χ2v) is 6.15. The molecule has 0 aliphatic heterocycles. The van der Waals surface area contributed by atoms with E-state index >= 15 is 0 Å². The lowest BCUT2D eigenvalue weighted by atomic mass is 10.0. The van der Waals surface area contributed by atoms with Gasteiger partial charge in [0.15, 0.2) is 0 Å². The third-order valence-electron chi connectivity index (χ3n) is 4.08. The SMILES string of the molecule is CCCCCCCC(Cc1cc(C)nn1CC)NCCC. The van der Waals surface area contributed by atoms with Gasteiger partial charge in [0, 0.05) is 24.7 Å². The molecule has 0 radical (unpaired) electrons. The molecule has 1 unspecified atom stereocenters. The number of nitrogens with one attached hydrogen (secondary N) is 1. The lowest BCUT2D eigenvalue weighted by molar-refractivity contribution is 0.438. The Morgan fingerprint density at radius 1 is 1.10 bits per heavy atom. The minimum Gasteiger partial charge on any atom is -0.314 e. The van der Waals surface area contributed by atoms with Crippen LogP contribution in [0.1, 0.15) is 77.1 Å². The first-order valence-corrected chi connectivity index (χ1v) is 8.97. The van der Waals surface area contributed by atoms with Crippen molar-refractivity contribution < 1.29 is 0 Å². The predicted octanol–water partition coefficient (Wildman–Crippen LogP) is 4.48. The van der Waals surface area contributed by atoms with Crippen molar-refractivity contribution in [1.29, 1.82) is 0 Å². The second kappa shape index (κ2) is 10.8. The van der Waals surface area contributed by atoms with E-state index in [1.165, 1.54) is 50.6 Å². The molecule has 0 fully saturated rings. The Morgan fingerprint density at radius 2 is 1.86 bits per heavy atom. The first kappa shape index (κ1) is 18.2. The predicted molar refractivity (Wildman–Crippen MR) is 91.8 cm³/mol. The largest absolute Gasteiger partial charge is 0.314 e. The number of rotatable bonds is 12.